The Morgan fingerprint density at radius 2 is 1.09 bits per heavy atom. The van der Waals surface area contributed by atoms with Gasteiger partial charge >= 0.3 is 7.82 Å². The second-order valence-corrected chi connectivity index (χ2v) is 16.4. The SMILES string of the molecule is CCC/C=C/CC/C=C/C(O)C(COP(=O)(O)OC1C(O)C(O)C(O)C(O)C1O)NC(=O)CC(O)CCCCCCCCCCCCCCCCCCC. The maximum atomic E-state index is 12.9. The highest BCUT2D eigenvalue weighted by Gasteiger charge is 2.51. The van der Waals surface area contributed by atoms with Gasteiger partial charge in [-0.15, -0.1) is 0 Å². The zero-order chi connectivity index (χ0) is 40.2. The summed E-state index contributed by atoms with van der Waals surface area (Å²) in [4.78, 5) is 23.2. The molecule has 0 aromatic heterocycles. The van der Waals surface area contributed by atoms with E-state index in [9.17, 15) is 50.0 Å². The van der Waals surface area contributed by atoms with Gasteiger partial charge in [0.15, 0.2) is 0 Å². The van der Waals surface area contributed by atoms with E-state index in [1.54, 1.807) is 6.08 Å². The third kappa shape index (κ3) is 23.1. The number of aliphatic hydroxyl groups excluding tert-OH is 7. The number of rotatable bonds is 33. The van der Waals surface area contributed by atoms with Gasteiger partial charge in [-0.2, -0.15) is 0 Å². The molecule has 1 saturated carbocycles. The minimum Gasteiger partial charge on any atom is -0.393 e. The summed E-state index contributed by atoms with van der Waals surface area (Å²) in [6, 6.07) is -1.25. The van der Waals surface area contributed by atoms with E-state index >= 15 is 0 Å². The van der Waals surface area contributed by atoms with Gasteiger partial charge in [-0.25, -0.2) is 4.57 Å². The molecule has 1 amide bonds. The van der Waals surface area contributed by atoms with Crippen LogP contribution in [0, 0.1) is 0 Å². The number of phosphoric acid groups is 1. The lowest BCUT2D eigenvalue weighted by Crippen LogP contribution is -2.64. The predicted molar refractivity (Wildman–Crippen MR) is 210 cm³/mol. The smallest absolute Gasteiger partial charge is 0.393 e. The number of hydrogen-bond acceptors (Lipinski definition) is 11. The average Bonchev–Trinajstić information content (AvgIpc) is 3.14. The molecule has 1 fully saturated rings. The molecule has 318 valence electrons. The number of nitrogens with one attached hydrogen (secondary N) is 1. The van der Waals surface area contributed by atoms with Crippen molar-refractivity contribution in [1.29, 1.82) is 0 Å². The molecule has 8 atom stereocenters. The first-order valence-electron chi connectivity index (χ1n) is 20.9. The quantitative estimate of drug-likeness (QED) is 0.0224. The van der Waals surface area contributed by atoms with Crippen molar-refractivity contribution in [3.63, 3.8) is 0 Å². The molecule has 13 nitrogen and oxygen atoms in total. The summed E-state index contributed by atoms with van der Waals surface area (Å²) in [5, 5.41) is 73.9. The summed E-state index contributed by atoms with van der Waals surface area (Å²) in [5.41, 5.74) is 0. The van der Waals surface area contributed by atoms with Crippen molar-refractivity contribution < 1.29 is 59.0 Å². The van der Waals surface area contributed by atoms with E-state index in [1.807, 2.05) is 6.08 Å². The van der Waals surface area contributed by atoms with Crippen LogP contribution < -0.4 is 5.32 Å². The first-order valence-corrected chi connectivity index (χ1v) is 22.4. The largest absolute Gasteiger partial charge is 0.472 e. The standard InChI is InChI=1S/C40H76NO12P/c1-3-5-7-9-11-12-13-14-15-16-17-18-19-20-22-23-25-27-31(42)29-34(44)41-32(33(43)28-26-24-21-10-8-6-4-2)30-52-54(50,51)53-40-38(48)36(46)35(45)37(47)39(40)49/h8,10,26,28,31-33,35-40,42-43,45-49H,3-7,9,11-25,27,29-30H2,1-2H3,(H,41,44)(H,50,51)/b10-8+,28-26+. The van der Waals surface area contributed by atoms with Crippen LogP contribution in [-0.2, 0) is 18.4 Å². The Morgan fingerprint density at radius 3 is 1.59 bits per heavy atom. The Labute approximate surface area is 324 Å². The summed E-state index contributed by atoms with van der Waals surface area (Å²) in [6.45, 7) is 3.58. The van der Waals surface area contributed by atoms with Gasteiger partial charge in [-0.05, 0) is 25.7 Å². The van der Waals surface area contributed by atoms with Crippen LogP contribution in [0.25, 0.3) is 0 Å². The van der Waals surface area contributed by atoms with E-state index in [1.165, 1.54) is 89.5 Å². The van der Waals surface area contributed by atoms with Gasteiger partial charge in [-0.1, -0.05) is 154 Å². The minimum atomic E-state index is -5.13. The number of unbranched alkanes of at least 4 members (excludes halogenated alkanes) is 18. The topological polar surface area (TPSA) is 226 Å². The fraction of sp³-hybridized carbons (Fsp3) is 0.875. The summed E-state index contributed by atoms with van der Waals surface area (Å²) < 4.78 is 22.7. The zero-order valence-corrected chi connectivity index (χ0v) is 34.0. The molecule has 9 N–H and O–H groups in total. The molecule has 1 rings (SSSR count). The highest BCUT2D eigenvalue weighted by molar-refractivity contribution is 7.47. The minimum absolute atomic E-state index is 0.250. The number of hydrogen-bond donors (Lipinski definition) is 9. The van der Waals surface area contributed by atoms with Crippen LogP contribution in [0.15, 0.2) is 24.3 Å². The van der Waals surface area contributed by atoms with Crippen molar-refractivity contribution in [3.05, 3.63) is 24.3 Å². The van der Waals surface area contributed by atoms with E-state index in [4.69, 9.17) is 9.05 Å². The number of carbonyl (C=O) groups is 1. The number of phosphoric ester groups is 1. The molecule has 8 unspecified atom stereocenters. The van der Waals surface area contributed by atoms with E-state index in [2.05, 4.69) is 25.2 Å². The van der Waals surface area contributed by atoms with Gasteiger partial charge in [0.05, 0.1) is 31.3 Å². The van der Waals surface area contributed by atoms with Gasteiger partial charge in [0.2, 0.25) is 5.91 Å². The molecule has 0 bridgehead atoms. The first kappa shape index (κ1) is 50.8. The van der Waals surface area contributed by atoms with Crippen LogP contribution in [0.2, 0.25) is 0 Å². The average molecular weight is 794 g/mol. The molecule has 1 aliphatic rings. The van der Waals surface area contributed by atoms with Gasteiger partial charge in [0.1, 0.15) is 36.6 Å². The van der Waals surface area contributed by atoms with Crippen molar-refractivity contribution in [2.45, 2.75) is 216 Å². The molecule has 0 heterocycles. The number of amides is 1. The number of allylic oxidation sites excluding steroid dienone is 3. The molecular weight excluding hydrogens is 717 g/mol. The highest BCUT2D eigenvalue weighted by Crippen LogP contribution is 2.47. The van der Waals surface area contributed by atoms with E-state index < -0.39 is 75.2 Å². The fourth-order valence-corrected chi connectivity index (χ4v) is 7.52. The summed E-state index contributed by atoms with van der Waals surface area (Å²) in [6.07, 6.45) is 17.6. The van der Waals surface area contributed by atoms with E-state index in [0.29, 0.717) is 12.8 Å². The van der Waals surface area contributed by atoms with Gasteiger partial charge in [0.25, 0.3) is 0 Å². The lowest BCUT2D eigenvalue weighted by Gasteiger charge is -2.41. The second-order valence-electron chi connectivity index (χ2n) is 15.0. The Bertz CT molecular complexity index is 1030. The van der Waals surface area contributed by atoms with Crippen molar-refractivity contribution in [3.8, 4) is 0 Å². The molecule has 0 radical (unpaired) electrons. The Kier molecular flexibility index (Phi) is 29.0. The third-order valence-electron chi connectivity index (χ3n) is 10.0. The monoisotopic (exact) mass is 794 g/mol. The van der Waals surface area contributed by atoms with E-state index in [-0.39, 0.29) is 6.42 Å². The van der Waals surface area contributed by atoms with Gasteiger partial charge in [-0.3, -0.25) is 13.8 Å². The first-order chi connectivity index (χ1) is 25.8. The van der Waals surface area contributed by atoms with Crippen LogP contribution in [0.5, 0.6) is 0 Å². The van der Waals surface area contributed by atoms with Crippen LogP contribution >= 0.6 is 7.82 Å². The molecule has 14 heteroatoms. The molecule has 1 aliphatic carbocycles. The fourth-order valence-electron chi connectivity index (χ4n) is 6.56. The molecule has 0 aliphatic heterocycles. The molecule has 54 heavy (non-hydrogen) atoms. The van der Waals surface area contributed by atoms with Gasteiger partial charge < -0.3 is 46.0 Å². The molecule has 0 aromatic carbocycles. The Hall–Kier alpha value is -1.22. The Balaban J connectivity index is 2.48. The molecule has 0 saturated heterocycles. The maximum Gasteiger partial charge on any atom is 0.472 e. The lowest BCUT2D eigenvalue weighted by molar-refractivity contribution is -0.220. The third-order valence-corrected chi connectivity index (χ3v) is 11.0. The molecule has 0 aromatic rings. The molecule has 0 spiro atoms. The van der Waals surface area contributed by atoms with Crippen LogP contribution in [-0.4, -0.2) is 108 Å². The lowest BCUT2D eigenvalue weighted by atomic mass is 9.85. The number of aliphatic hydroxyl groups is 7. The summed E-state index contributed by atoms with van der Waals surface area (Å²) in [7, 11) is -5.13. The van der Waals surface area contributed by atoms with Crippen LogP contribution in [0.1, 0.15) is 162 Å². The molecular formula is C40H76NO12P. The predicted octanol–water partition coefficient (Wildman–Crippen LogP) is 5.64. The zero-order valence-electron chi connectivity index (χ0n) is 33.1. The summed E-state index contributed by atoms with van der Waals surface area (Å²) in [5.74, 6) is -0.606. The maximum absolute atomic E-state index is 12.9. The van der Waals surface area contributed by atoms with Crippen LogP contribution in [0.4, 0.5) is 0 Å². The van der Waals surface area contributed by atoms with Gasteiger partial charge in [0, 0.05) is 0 Å². The highest BCUT2D eigenvalue weighted by atomic mass is 31.2. The number of carbonyl (C=O) groups excluding carboxylic acids is 1. The second kappa shape index (κ2) is 30.9. The Morgan fingerprint density at radius 1 is 0.648 bits per heavy atom. The van der Waals surface area contributed by atoms with Crippen molar-refractivity contribution >= 4 is 13.7 Å². The normalized spacial score (nSPS) is 24.9. The van der Waals surface area contributed by atoms with E-state index in [0.717, 1.165) is 44.9 Å². The summed E-state index contributed by atoms with van der Waals surface area (Å²) >= 11 is 0. The van der Waals surface area contributed by atoms with Crippen molar-refractivity contribution in [2.24, 2.45) is 0 Å². The van der Waals surface area contributed by atoms with Crippen molar-refractivity contribution in [2.75, 3.05) is 6.61 Å². The van der Waals surface area contributed by atoms with Crippen molar-refractivity contribution in [1.82, 2.24) is 5.32 Å². The van der Waals surface area contributed by atoms with Crippen LogP contribution in [0.3, 0.4) is 0 Å².